The van der Waals surface area contributed by atoms with Gasteiger partial charge in [0.1, 0.15) is 0 Å². The van der Waals surface area contributed by atoms with Crippen LogP contribution in [0, 0.1) is 5.92 Å². The summed E-state index contributed by atoms with van der Waals surface area (Å²) in [5, 5.41) is 0. The standard InChI is InChI=1S/C15H20OSe/c1-12(2)10-16-11-15(13(3)4)17-14-8-6-5-7-9-14/h5-9,11,13H,1,10H2,2-4H3/b15-11-. The van der Waals surface area contributed by atoms with Gasteiger partial charge >= 0.3 is 111 Å². The molecule has 0 amide bonds. The average molecular weight is 295 g/mol. The Labute approximate surface area is 111 Å². The van der Waals surface area contributed by atoms with E-state index in [9.17, 15) is 0 Å². The quantitative estimate of drug-likeness (QED) is 0.445. The van der Waals surface area contributed by atoms with E-state index in [1.165, 1.54) is 8.93 Å². The van der Waals surface area contributed by atoms with Crippen LogP contribution in [0.1, 0.15) is 20.8 Å². The van der Waals surface area contributed by atoms with Crippen LogP contribution in [0.4, 0.5) is 0 Å². The van der Waals surface area contributed by atoms with Crippen molar-refractivity contribution in [2.24, 2.45) is 5.92 Å². The monoisotopic (exact) mass is 296 g/mol. The minimum absolute atomic E-state index is 0.352. The number of rotatable bonds is 6. The minimum atomic E-state index is 0.352. The summed E-state index contributed by atoms with van der Waals surface area (Å²) in [6.45, 7) is 10.8. The molecule has 0 aliphatic heterocycles. The van der Waals surface area contributed by atoms with Gasteiger partial charge in [0.25, 0.3) is 0 Å². The van der Waals surface area contributed by atoms with E-state index < -0.39 is 0 Å². The first-order valence-electron chi connectivity index (χ1n) is 5.78. The molecule has 0 saturated heterocycles. The van der Waals surface area contributed by atoms with E-state index in [2.05, 4.69) is 50.8 Å². The van der Waals surface area contributed by atoms with Crippen LogP contribution in [0.2, 0.25) is 0 Å². The zero-order chi connectivity index (χ0) is 12.7. The van der Waals surface area contributed by atoms with Gasteiger partial charge in [-0.1, -0.05) is 0 Å². The second-order valence-electron chi connectivity index (χ2n) is 4.36. The van der Waals surface area contributed by atoms with Crippen LogP contribution >= 0.6 is 0 Å². The molecule has 17 heavy (non-hydrogen) atoms. The summed E-state index contributed by atoms with van der Waals surface area (Å²) in [7, 11) is 0. The SMILES string of the molecule is C=C(C)CO/C=C(\[Se]c1ccccc1)C(C)C. The Kier molecular flexibility index (Phi) is 6.10. The van der Waals surface area contributed by atoms with Crippen LogP contribution in [-0.4, -0.2) is 21.6 Å². The van der Waals surface area contributed by atoms with Gasteiger partial charge in [-0.15, -0.1) is 0 Å². The van der Waals surface area contributed by atoms with Gasteiger partial charge in [0.05, 0.1) is 0 Å². The van der Waals surface area contributed by atoms with Gasteiger partial charge in [0, 0.05) is 0 Å². The molecule has 1 nitrogen and oxygen atoms in total. The molecule has 1 aromatic carbocycles. The van der Waals surface area contributed by atoms with Crippen LogP contribution in [0.3, 0.4) is 0 Å². The first kappa shape index (κ1) is 14.1. The molecule has 92 valence electrons. The van der Waals surface area contributed by atoms with Gasteiger partial charge in [0.2, 0.25) is 0 Å². The summed E-state index contributed by atoms with van der Waals surface area (Å²) in [4.78, 5) is 0. The van der Waals surface area contributed by atoms with E-state index in [-0.39, 0.29) is 0 Å². The molecule has 0 aromatic heterocycles. The molecule has 0 aliphatic carbocycles. The Bertz CT molecular complexity index is 379. The Morgan fingerprint density at radius 1 is 1.35 bits per heavy atom. The molecule has 0 fully saturated rings. The molecule has 2 heteroatoms. The van der Waals surface area contributed by atoms with E-state index in [1.807, 2.05) is 13.2 Å². The van der Waals surface area contributed by atoms with E-state index in [1.54, 1.807) is 0 Å². The van der Waals surface area contributed by atoms with Crippen molar-refractivity contribution in [2.45, 2.75) is 20.8 Å². The Morgan fingerprint density at radius 3 is 2.53 bits per heavy atom. The van der Waals surface area contributed by atoms with Gasteiger partial charge < -0.3 is 0 Å². The molecule has 0 saturated carbocycles. The van der Waals surface area contributed by atoms with Gasteiger partial charge in [-0.2, -0.15) is 0 Å². The second kappa shape index (κ2) is 7.37. The molecule has 0 unspecified atom stereocenters. The number of ether oxygens (including phenoxy) is 1. The zero-order valence-electron chi connectivity index (χ0n) is 10.8. The van der Waals surface area contributed by atoms with E-state index in [4.69, 9.17) is 4.74 Å². The van der Waals surface area contributed by atoms with Crippen molar-refractivity contribution in [3.63, 3.8) is 0 Å². The Morgan fingerprint density at radius 2 is 2.00 bits per heavy atom. The van der Waals surface area contributed by atoms with Crippen molar-refractivity contribution in [3.05, 3.63) is 53.2 Å². The molecule has 0 spiro atoms. The third-order valence-electron chi connectivity index (χ3n) is 2.08. The van der Waals surface area contributed by atoms with Crippen molar-refractivity contribution in [3.8, 4) is 0 Å². The van der Waals surface area contributed by atoms with Crippen molar-refractivity contribution in [1.29, 1.82) is 0 Å². The summed E-state index contributed by atoms with van der Waals surface area (Å²) in [6, 6.07) is 10.6. The van der Waals surface area contributed by atoms with Crippen molar-refractivity contribution < 1.29 is 4.74 Å². The summed E-state index contributed by atoms with van der Waals surface area (Å²) in [6.07, 6.45) is 1.92. The molecule has 0 N–H and O–H groups in total. The number of hydrogen-bond acceptors (Lipinski definition) is 1. The summed E-state index contributed by atoms with van der Waals surface area (Å²) < 4.78 is 8.31. The Balaban J connectivity index is 2.63. The molecular formula is C15H20OSe. The van der Waals surface area contributed by atoms with E-state index in [0.717, 1.165) is 5.57 Å². The maximum atomic E-state index is 5.54. The third kappa shape index (κ3) is 5.76. The molecule has 0 bridgehead atoms. The fourth-order valence-corrected chi connectivity index (χ4v) is 3.09. The predicted molar refractivity (Wildman–Crippen MR) is 75.5 cm³/mol. The van der Waals surface area contributed by atoms with Crippen molar-refractivity contribution in [1.82, 2.24) is 0 Å². The van der Waals surface area contributed by atoms with Crippen LogP contribution in [0.25, 0.3) is 0 Å². The summed E-state index contributed by atoms with van der Waals surface area (Å²) in [5.74, 6) is 0.528. The molecular weight excluding hydrogens is 275 g/mol. The molecule has 0 atom stereocenters. The topological polar surface area (TPSA) is 9.23 Å². The predicted octanol–water partition coefficient (Wildman–Crippen LogP) is 3.11. The molecule has 1 aromatic rings. The molecule has 1 rings (SSSR count). The van der Waals surface area contributed by atoms with Gasteiger partial charge in [-0.25, -0.2) is 0 Å². The Hall–Kier alpha value is -0.981. The molecule has 0 radical (unpaired) electrons. The fraction of sp³-hybridized carbons (Fsp3) is 0.333. The number of benzene rings is 1. The van der Waals surface area contributed by atoms with E-state index >= 15 is 0 Å². The third-order valence-corrected chi connectivity index (χ3v) is 4.83. The first-order valence-corrected chi connectivity index (χ1v) is 7.50. The first-order chi connectivity index (χ1) is 8.09. The van der Waals surface area contributed by atoms with E-state index in [0.29, 0.717) is 27.5 Å². The van der Waals surface area contributed by atoms with Gasteiger partial charge in [-0.05, 0) is 0 Å². The van der Waals surface area contributed by atoms with Crippen LogP contribution in [0.15, 0.2) is 53.2 Å². The zero-order valence-corrected chi connectivity index (χ0v) is 12.5. The molecule has 0 aliphatic rings. The van der Waals surface area contributed by atoms with Gasteiger partial charge in [-0.3, -0.25) is 0 Å². The average Bonchev–Trinajstić information content (AvgIpc) is 2.28. The van der Waals surface area contributed by atoms with Crippen LogP contribution in [0.5, 0.6) is 0 Å². The number of hydrogen-bond donors (Lipinski definition) is 0. The fourth-order valence-electron chi connectivity index (χ4n) is 1.17. The van der Waals surface area contributed by atoms with Gasteiger partial charge in [0.15, 0.2) is 0 Å². The maximum absolute atomic E-state index is 5.54. The van der Waals surface area contributed by atoms with Crippen LogP contribution in [-0.2, 0) is 4.74 Å². The van der Waals surface area contributed by atoms with Crippen molar-refractivity contribution in [2.75, 3.05) is 6.61 Å². The molecule has 0 heterocycles. The summed E-state index contributed by atoms with van der Waals surface area (Å²) >= 11 is 0.352. The normalized spacial score (nSPS) is 11.6. The summed E-state index contributed by atoms with van der Waals surface area (Å²) in [5.41, 5.74) is 1.05. The van der Waals surface area contributed by atoms with Crippen molar-refractivity contribution >= 4 is 19.4 Å². The number of allylic oxidation sites excluding steroid dienone is 1. The second-order valence-corrected chi connectivity index (χ2v) is 6.76. The van der Waals surface area contributed by atoms with Crippen LogP contribution < -0.4 is 4.46 Å².